The molecule has 4 nitrogen and oxygen atoms in total. The third-order valence-corrected chi connectivity index (χ3v) is 3.19. The molecule has 0 saturated heterocycles. The number of rotatable bonds is 6. The van der Waals surface area contributed by atoms with E-state index in [9.17, 15) is 14.4 Å². The molecule has 1 aromatic carbocycles. The normalized spacial score (nSPS) is 13.8. The van der Waals surface area contributed by atoms with Gasteiger partial charge in [0.1, 0.15) is 5.78 Å². The summed E-state index contributed by atoms with van der Waals surface area (Å²) in [4.78, 5) is 36.3. The Morgan fingerprint density at radius 3 is 2.16 bits per heavy atom. The maximum atomic E-state index is 12.0. The minimum atomic E-state index is -0.245. The van der Waals surface area contributed by atoms with E-state index in [0.29, 0.717) is 36.9 Å². The average Bonchev–Trinajstić information content (AvgIpc) is 2.68. The summed E-state index contributed by atoms with van der Waals surface area (Å²) in [6.07, 6.45) is 1.72. The van der Waals surface area contributed by atoms with Crippen LogP contribution in [0.5, 0.6) is 0 Å². The first-order valence-electron chi connectivity index (χ1n) is 6.32. The van der Waals surface area contributed by atoms with Crippen molar-refractivity contribution in [1.82, 2.24) is 4.90 Å². The molecule has 0 spiro atoms. The summed E-state index contributed by atoms with van der Waals surface area (Å²) in [5.41, 5.74) is 0.927. The number of nitrogens with zero attached hydrogens (tertiary/aromatic N) is 1. The van der Waals surface area contributed by atoms with E-state index in [-0.39, 0.29) is 23.9 Å². The zero-order valence-corrected chi connectivity index (χ0v) is 10.6. The molecule has 5 heteroatoms. The number of ketones is 1. The van der Waals surface area contributed by atoms with Crippen LogP contribution in [0.3, 0.4) is 0 Å². The fraction of sp³-hybridized carbons (Fsp3) is 0.357. The van der Waals surface area contributed by atoms with Gasteiger partial charge in [0, 0.05) is 13.0 Å². The number of amides is 2. The second kappa shape index (κ2) is 5.82. The topological polar surface area (TPSA) is 54.5 Å². The number of carbonyl (C=O) groups is 3. The summed E-state index contributed by atoms with van der Waals surface area (Å²) in [5.74, 6) is -0.487. The van der Waals surface area contributed by atoms with Crippen molar-refractivity contribution in [2.24, 2.45) is 0 Å². The number of imide groups is 1. The van der Waals surface area contributed by atoms with Crippen molar-refractivity contribution in [3.8, 4) is 0 Å². The van der Waals surface area contributed by atoms with E-state index in [1.807, 2.05) is 0 Å². The van der Waals surface area contributed by atoms with Crippen molar-refractivity contribution >= 4 is 25.4 Å². The third kappa shape index (κ3) is 2.75. The summed E-state index contributed by atoms with van der Waals surface area (Å²) in [6.45, 7) is 0.351. The van der Waals surface area contributed by atoms with Crippen molar-refractivity contribution in [3.05, 3.63) is 35.4 Å². The monoisotopic (exact) mass is 255 g/mol. The molecule has 0 saturated carbocycles. The van der Waals surface area contributed by atoms with Gasteiger partial charge in [0.05, 0.1) is 19.0 Å². The van der Waals surface area contributed by atoms with E-state index in [4.69, 9.17) is 7.85 Å². The predicted octanol–water partition coefficient (Wildman–Crippen LogP) is 1.61. The van der Waals surface area contributed by atoms with Crippen LogP contribution in [-0.2, 0) is 4.79 Å². The molecule has 0 unspecified atom stereocenters. The first kappa shape index (κ1) is 13.5. The largest absolute Gasteiger partial charge is 0.301 e. The van der Waals surface area contributed by atoms with Crippen molar-refractivity contribution in [3.63, 3.8) is 0 Å². The lowest BCUT2D eigenvalue weighted by Crippen LogP contribution is -2.30. The molecule has 0 atom stereocenters. The molecule has 2 rings (SSSR count). The molecule has 0 bridgehead atoms. The summed E-state index contributed by atoms with van der Waals surface area (Å²) in [6, 6.07) is 6.81. The SMILES string of the molecule is [B]CC(=O)CCCCN1C(=O)c2ccccc2C1=O. The molecule has 0 N–H and O–H groups in total. The summed E-state index contributed by atoms with van der Waals surface area (Å²) < 4.78 is 0. The number of hydrogen-bond donors (Lipinski definition) is 0. The predicted molar refractivity (Wildman–Crippen MR) is 71.2 cm³/mol. The molecule has 2 amide bonds. The van der Waals surface area contributed by atoms with Gasteiger partial charge < -0.3 is 4.79 Å². The number of Topliss-reactive ketones (excluding diaryl/α,β-unsaturated/α-hetero) is 1. The van der Waals surface area contributed by atoms with Crippen LogP contribution >= 0.6 is 0 Å². The second-order valence-corrected chi connectivity index (χ2v) is 4.51. The Kier molecular flexibility index (Phi) is 4.15. The van der Waals surface area contributed by atoms with Gasteiger partial charge in [-0.2, -0.15) is 0 Å². The van der Waals surface area contributed by atoms with Gasteiger partial charge >= 0.3 is 0 Å². The molecule has 0 fully saturated rings. The van der Waals surface area contributed by atoms with Crippen LogP contribution in [0.1, 0.15) is 40.0 Å². The van der Waals surface area contributed by atoms with E-state index in [0.717, 1.165) is 0 Å². The highest BCUT2D eigenvalue weighted by molar-refractivity contribution is 6.21. The third-order valence-electron chi connectivity index (χ3n) is 3.19. The Morgan fingerprint density at radius 2 is 1.63 bits per heavy atom. The first-order chi connectivity index (χ1) is 9.15. The number of benzene rings is 1. The van der Waals surface area contributed by atoms with Crippen LogP contribution in [0.25, 0.3) is 0 Å². The summed E-state index contributed by atoms with van der Waals surface area (Å²) >= 11 is 0. The van der Waals surface area contributed by atoms with Gasteiger partial charge in [-0.3, -0.25) is 14.5 Å². The fourth-order valence-electron chi connectivity index (χ4n) is 2.14. The van der Waals surface area contributed by atoms with Gasteiger partial charge in [-0.25, -0.2) is 0 Å². The minimum Gasteiger partial charge on any atom is -0.301 e. The first-order valence-corrected chi connectivity index (χ1v) is 6.32. The van der Waals surface area contributed by atoms with Crippen molar-refractivity contribution < 1.29 is 14.4 Å². The molecular weight excluding hydrogens is 241 g/mol. The maximum absolute atomic E-state index is 12.0. The molecule has 0 aromatic heterocycles. The molecular formula is C14H14BNO3. The summed E-state index contributed by atoms with van der Waals surface area (Å²) in [7, 11) is 5.21. The quantitative estimate of drug-likeness (QED) is 0.441. The van der Waals surface area contributed by atoms with E-state index in [2.05, 4.69) is 0 Å². The lowest BCUT2D eigenvalue weighted by molar-refractivity contribution is -0.117. The molecule has 2 radical (unpaired) electrons. The Bertz CT molecular complexity index is 492. The molecule has 1 aromatic rings. The van der Waals surface area contributed by atoms with Crippen LogP contribution < -0.4 is 0 Å². The molecule has 1 heterocycles. The highest BCUT2D eigenvalue weighted by atomic mass is 16.2. The van der Waals surface area contributed by atoms with Crippen LogP contribution in [0.4, 0.5) is 0 Å². The highest BCUT2D eigenvalue weighted by Crippen LogP contribution is 2.22. The molecule has 1 aliphatic rings. The minimum absolute atomic E-state index is 0.00219. The maximum Gasteiger partial charge on any atom is 0.261 e. The van der Waals surface area contributed by atoms with Gasteiger partial charge in [-0.1, -0.05) is 12.1 Å². The summed E-state index contributed by atoms with van der Waals surface area (Å²) in [5, 5.41) is 0. The van der Waals surface area contributed by atoms with Gasteiger partial charge in [-0.15, -0.1) is 0 Å². The number of carbonyl (C=O) groups excluding carboxylic acids is 3. The van der Waals surface area contributed by atoms with Gasteiger partial charge in [0.15, 0.2) is 0 Å². The van der Waals surface area contributed by atoms with E-state index in [1.165, 1.54) is 4.90 Å². The van der Waals surface area contributed by atoms with Gasteiger partial charge in [-0.05, 0) is 31.3 Å². The molecule has 19 heavy (non-hydrogen) atoms. The molecule has 0 aliphatic carbocycles. The van der Waals surface area contributed by atoms with E-state index < -0.39 is 0 Å². The Morgan fingerprint density at radius 1 is 1.05 bits per heavy atom. The lowest BCUT2D eigenvalue weighted by Gasteiger charge is -2.13. The van der Waals surface area contributed by atoms with Crippen molar-refractivity contribution in [2.45, 2.75) is 25.6 Å². The van der Waals surface area contributed by atoms with E-state index >= 15 is 0 Å². The van der Waals surface area contributed by atoms with Crippen LogP contribution in [0, 0.1) is 0 Å². The standard InChI is InChI=1S/C14H14BNO3/c15-9-10(17)5-3-4-8-16-13(18)11-6-1-2-7-12(11)14(16)19/h1-2,6-7H,3-5,8-9H2. The Labute approximate surface area is 113 Å². The van der Waals surface area contributed by atoms with Gasteiger partial charge in [0.2, 0.25) is 0 Å². The van der Waals surface area contributed by atoms with Crippen molar-refractivity contribution in [2.75, 3.05) is 6.54 Å². The number of unbranched alkanes of at least 4 members (excludes halogenated alkanes) is 1. The van der Waals surface area contributed by atoms with E-state index in [1.54, 1.807) is 24.3 Å². The van der Waals surface area contributed by atoms with Gasteiger partial charge in [0.25, 0.3) is 11.8 Å². The molecule has 96 valence electrons. The Balaban J connectivity index is 1.92. The van der Waals surface area contributed by atoms with Crippen LogP contribution in [0.2, 0.25) is 6.32 Å². The zero-order chi connectivity index (χ0) is 13.8. The number of hydrogen-bond acceptors (Lipinski definition) is 3. The lowest BCUT2D eigenvalue weighted by atomic mass is 9.97. The number of fused-ring (bicyclic) bond motifs is 1. The fourth-order valence-corrected chi connectivity index (χ4v) is 2.14. The van der Waals surface area contributed by atoms with Crippen LogP contribution in [0.15, 0.2) is 24.3 Å². The average molecular weight is 255 g/mol. The Hall–Kier alpha value is -1.91. The highest BCUT2D eigenvalue weighted by Gasteiger charge is 2.34. The smallest absolute Gasteiger partial charge is 0.261 e. The molecule has 1 aliphatic heterocycles. The van der Waals surface area contributed by atoms with Crippen molar-refractivity contribution in [1.29, 1.82) is 0 Å². The van der Waals surface area contributed by atoms with Crippen LogP contribution in [-0.4, -0.2) is 36.9 Å². The zero-order valence-electron chi connectivity index (χ0n) is 10.6. The second-order valence-electron chi connectivity index (χ2n) is 4.51.